The van der Waals surface area contributed by atoms with Crippen LogP contribution in [0.5, 0.6) is 0 Å². The molecule has 1 aromatic carbocycles. The van der Waals surface area contributed by atoms with Crippen LogP contribution in [0.15, 0.2) is 49.2 Å². The molecule has 0 aliphatic heterocycles. The Morgan fingerprint density at radius 3 is 2.71 bits per heavy atom. The van der Waals surface area contributed by atoms with Gasteiger partial charge >= 0.3 is 0 Å². The van der Waals surface area contributed by atoms with Crippen molar-refractivity contribution in [3.05, 3.63) is 54.7 Å². The van der Waals surface area contributed by atoms with Crippen LogP contribution in [0, 0.1) is 0 Å². The van der Waals surface area contributed by atoms with Gasteiger partial charge in [0.05, 0.1) is 0 Å². The zero-order valence-corrected chi connectivity index (χ0v) is 9.67. The molecule has 84 valence electrons. The molecule has 2 aromatic heterocycles. The van der Waals surface area contributed by atoms with Crippen molar-refractivity contribution in [3.63, 3.8) is 0 Å². The molecule has 0 aliphatic rings. The molecule has 0 aliphatic carbocycles. The second kappa shape index (κ2) is 4.01. The maximum atomic E-state index is 4.54. The first-order valence-electron chi connectivity index (χ1n) is 5.75. The van der Waals surface area contributed by atoms with Crippen LogP contribution >= 0.6 is 0 Å². The predicted octanol–water partition coefficient (Wildman–Crippen LogP) is 2.98. The predicted molar refractivity (Wildman–Crippen MR) is 68.2 cm³/mol. The van der Waals surface area contributed by atoms with E-state index in [0.29, 0.717) is 0 Å². The summed E-state index contributed by atoms with van der Waals surface area (Å²) in [5, 5.41) is 2.44. The minimum atomic E-state index is 0.940. The van der Waals surface area contributed by atoms with Crippen molar-refractivity contribution in [2.75, 3.05) is 0 Å². The van der Waals surface area contributed by atoms with E-state index in [0.717, 1.165) is 12.2 Å². The first kappa shape index (κ1) is 10.0. The molecule has 0 unspecified atom stereocenters. The third kappa shape index (κ3) is 1.60. The van der Waals surface area contributed by atoms with Crippen LogP contribution in [0.3, 0.4) is 0 Å². The lowest BCUT2D eigenvalue weighted by atomic mass is 10.1. The number of pyridine rings is 1. The molecule has 3 nitrogen and oxygen atoms in total. The number of hydrogen-bond donors (Lipinski definition) is 0. The molecule has 0 radical (unpaired) electrons. The number of benzene rings is 1. The quantitative estimate of drug-likeness (QED) is 0.668. The smallest absolute Gasteiger partial charge is 0.145 e. The SMILES string of the molecule is CCc1cnc(-n2ccnc2)c2ccccc12. The second-order valence-electron chi connectivity index (χ2n) is 3.98. The molecule has 0 saturated heterocycles. The largest absolute Gasteiger partial charge is 0.290 e. The number of aryl methyl sites for hydroxylation is 1. The highest BCUT2D eigenvalue weighted by molar-refractivity contribution is 5.90. The molecule has 3 aromatic rings. The summed E-state index contributed by atoms with van der Waals surface area (Å²) in [6, 6.07) is 8.37. The molecule has 2 heterocycles. The minimum Gasteiger partial charge on any atom is -0.290 e. The summed E-state index contributed by atoms with van der Waals surface area (Å²) >= 11 is 0. The maximum absolute atomic E-state index is 4.54. The molecular weight excluding hydrogens is 210 g/mol. The van der Waals surface area contributed by atoms with Gasteiger partial charge in [-0.25, -0.2) is 9.97 Å². The van der Waals surface area contributed by atoms with Crippen molar-refractivity contribution in [1.29, 1.82) is 0 Å². The van der Waals surface area contributed by atoms with Crippen LogP contribution in [0.25, 0.3) is 16.6 Å². The van der Waals surface area contributed by atoms with E-state index in [4.69, 9.17) is 0 Å². The normalized spacial score (nSPS) is 10.9. The summed E-state index contributed by atoms with van der Waals surface area (Å²) in [4.78, 5) is 8.61. The molecule has 0 spiro atoms. The van der Waals surface area contributed by atoms with Gasteiger partial charge in [-0.1, -0.05) is 31.2 Å². The lowest BCUT2D eigenvalue weighted by Gasteiger charge is -2.09. The van der Waals surface area contributed by atoms with E-state index >= 15 is 0 Å². The van der Waals surface area contributed by atoms with Crippen LogP contribution in [-0.4, -0.2) is 14.5 Å². The highest BCUT2D eigenvalue weighted by atomic mass is 15.1. The van der Waals surface area contributed by atoms with Gasteiger partial charge in [-0.05, 0) is 17.4 Å². The molecule has 0 atom stereocenters. The highest BCUT2D eigenvalue weighted by Gasteiger charge is 2.06. The van der Waals surface area contributed by atoms with Gasteiger partial charge in [0.1, 0.15) is 12.1 Å². The topological polar surface area (TPSA) is 30.7 Å². The Kier molecular flexibility index (Phi) is 2.37. The van der Waals surface area contributed by atoms with E-state index < -0.39 is 0 Å². The van der Waals surface area contributed by atoms with Gasteiger partial charge in [-0.2, -0.15) is 0 Å². The van der Waals surface area contributed by atoms with Crippen LogP contribution < -0.4 is 0 Å². The average Bonchev–Trinajstić information content (AvgIpc) is 2.91. The van der Waals surface area contributed by atoms with Gasteiger partial charge in [-0.15, -0.1) is 0 Å². The van der Waals surface area contributed by atoms with Crippen LogP contribution in [0.2, 0.25) is 0 Å². The van der Waals surface area contributed by atoms with Crippen molar-refractivity contribution in [2.45, 2.75) is 13.3 Å². The lowest BCUT2D eigenvalue weighted by Crippen LogP contribution is -1.98. The standard InChI is InChI=1S/C14H13N3/c1-2-11-9-16-14(17-8-7-15-10-17)13-6-4-3-5-12(11)13/h3-10H,2H2,1H3. The first-order valence-corrected chi connectivity index (χ1v) is 5.75. The first-order chi connectivity index (χ1) is 8.40. The van der Waals surface area contributed by atoms with Gasteiger partial charge in [0.25, 0.3) is 0 Å². The number of hydrogen-bond acceptors (Lipinski definition) is 2. The van der Waals surface area contributed by atoms with E-state index in [1.165, 1.54) is 16.3 Å². The van der Waals surface area contributed by atoms with Gasteiger partial charge in [0.15, 0.2) is 0 Å². The lowest BCUT2D eigenvalue weighted by molar-refractivity contribution is 0.996. The molecule has 3 heteroatoms. The van der Waals surface area contributed by atoms with Crippen LogP contribution in [0.4, 0.5) is 0 Å². The van der Waals surface area contributed by atoms with E-state index in [1.54, 1.807) is 12.5 Å². The molecule has 0 amide bonds. The summed E-state index contributed by atoms with van der Waals surface area (Å²) in [6.07, 6.45) is 8.42. The summed E-state index contributed by atoms with van der Waals surface area (Å²) in [5.74, 6) is 0.940. The Hall–Kier alpha value is -2.16. The number of aromatic nitrogens is 3. The van der Waals surface area contributed by atoms with E-state index in [2.05, 4.69) is 35.1 Å². The van der Waals surface area contributed by atoms with Crippen molar-refractivity contribution in [1.82, 2.24) is 14.5 Å². The van der Waals surface area contributed by atoms with Gasteiger partial charge in [0.2, 0.25) is 0 Å². The Balaban J connectivity index is 2.34. The zero-order chi connectivity index (χ0) is 11.7. The number of imidazole rings is 1. The van der Waals surface area contributed by atoms with Gasteiger partial charge in [0, 0.05) is 24.0 Å². The number of fused-ring (bicyclic) bond motifs is 1. The van der Waals surface area contributed by atoms with E-state index in [-0.39, 0.29) is 0 Å². The summed E-state index contributed by atoms with van der Waals surface area (Å²) in [7, 11) is 0. The third-order valence-electron chi connectivity index (χ3n) is 2.99. The van der Waals surface area contributed by atoms with Gasteiger partial charge in [-0.3, -0.25) is 4.57 Å². The molecule has 17 heavy (non-hydrogen) atoms. The monoisotopic (exact) mass is 223 g/mol. The molecular formula is C14H13N3. The molecule has 0 N–H and O–H groups in total. The fourth-order valence-electron chi connectivity index (χ4n) is 2.11. The Labute approximate surface area is 99.8 Å². The molecule has 0 bridgehead atoms. The fraction of sp³-hybridized carbons (Fsp3) is 0.143. The molecule has 3 rings (SSSR count). The van der Waals surface area contributed by atoms with Crippen LogP contribution in [0.1, 0.15) is 12.5 Å². The average molecular weight is 223 g/mol. The van der Waals surface area contributed by atoms with Crippen molar-refractivity contribution < 1.29 is 0 Å². The van der Waals surface area contributed by atoms with Crippen molar-refractivity contribution in [2.24, 2.45) is 0 Å². The Morgan fingerprint density at radius 1 is 1.18 bits per heavy atom. The molecule has 0 saturated carbocycles. The van der Waals surface area contributed by atoms with Crippen molar-refractivity contribution in [3.8, 4) is 5.82 Å². The Morgan fingerprint density at radius 2 is 2.00 bits per heavy atom. The highest BCUT2D eigenvalue weighted by Crippen LogP contribution is 2.23. The van der Waals surface area contributed by atoms with E-state index in [9.17, 15) is 0 Å². The summed E-state index contributed by atoms with van der Waals surface area (Å²) in [5.41, 5.74) is 1.28. The zero-order valence-electron chi connectivity index (χ0n) is 9.67. The fourth-order valence-corrected chi connectivity index (χ4v) is 2.11. The minimum absolute atomic E-state index is 0.940. The number of rotatable bonds is 2. The van der Waals surface area contributed by atoms with Crippen molar-refractivity contribution >= 4 is 10.8 Å². The number of nitrogens with zero attached hydrogens (tertiary/aromatic N) is 3. The third-order valence-corrected chi connectivity index (χ3v) is 2.99. The van der Waals surface area contributed by atoms with E-state index in [1.807, 2.05) is 23.0 Å². The van der Waals surface area contributed by atoms with Crippen LogP contribution in [-0.2, 0) is 6.42 Å². The second-order valence-corrected chi connectivity index (χ2v) is 3.98. The summed E-state index contributed by atoms with van der Waals surface area (Å²) < 4.78 is 1.95. The Bertz CT molecular complexity index is 642. The van der Waals surface area contributed by atoms with Gasteiger partial charge < -0.3 is 0 Å². The molecule has 0 fully saturated rings. The maximum Gasteiger partial charge on any atom is 0.145 e. The summed E-state index contributed by atoms with van der Waals surface area (Å²) in [6.45, 7) is 2.15.